The number of hydrogen-bond acceptors (Lipinski definition) is 2. The molecule has 118 valence electrons. The fourth-order valence-electron chi connectivity index (χ4n) is 3.58. The second-order valence-corrected chi connectivity index (χ2v) is 6.81. The van der Waals surface area contributed by atoms with Gasteiger partial charge in [0.25, 0.3) is 0 Å². The van der Waals surface area contributed by atoms with Gasteiger partial charge in [-0.3, -0.25) is 0 Å². The van der Waals surface area contributed by atoms with E-state index in [-0.39, 0.29) is 0 Å². The van der Waals surface area contributed by atoms with Crippen molar-refractivity contribution in [3.8, 4) is 0 Å². The molecule has 0 amide bonds. The first-order chi connectivity index (χ1) is 10.0. The van der Waals surface area contributed by atoms with Crippen LogP contribution in [0.5, 0.6) is 0 Å². The van der Waals surface area contributed by atoms with E-state index in [1.54, 1.807) is 0 Å². The van der Waals surface area contributed by atoms with E-state index in [9.17, 15) is 0 Å². The molecule has 21 heavy (non-hydrogen) atoms. The SMILES string of the molecule is CCCNC(Cc1cccc(Cl)c1)C1C(C)OC(C)C1C. The van der Waals surface area contributed by atoms with E-state index in [0.29, 0.717) is 30.1 Å². The molecule has 0 saturated carbocycles. The van der Waals surface area contributed by atoms with Crippen LogP contribution in [0.1, 0.15) is 39.7 Å². The number of hydrogen-bond donors (Lipinski definition) is 1. The number of nitrogens with one attached hydrogen (secondary N) is 1. The summed E-state index contributed by atoms with van der Waals surface area (Å²) in [6.45, 7) is 9.98. The van der Waals surface area contributed by atoms with E-state index in [1.807, 2.05) is 12.1 Å². The Morgan fingerprint density at radius 2 is 2.00 bits per heavy atom. The van der Waals surface area contributed by atoms with E-state index in [4.69, 9.17) is 16.3 Å². The predicted octanol–water partition coefficient (Wildman–Crippen LogP) is 4.31. The Morgan fingerprint density at radius 3 is 2.57 bits per heavy atom. The molecule has 0 aromatic heterocycles. The molecule has 1 saturated heterocycles. The van der Waals surface area contributed by atoms with E-state index < -0.39 is 0 Å². The minimum Gasteiger partial charge on any atom is -0.375 e. The van der Waals surface area contributed by atoms with Crippen LogP contribution in [-0.4, -0.2) is 24.8 Å². The summed E-state index contributed by atoms with van der Waals surface area (Å²) in [7, 11) is 0. The normalized spacial score (nSPS) is 30.5. The molecule has 1 heterocycles. The van der Waals surface area contributed by atoms with Crippen molar-refractivity contribution in [1.82, 2.24) is 5.32 Å². The van der Waals surface area contributed by atoms with Gasteiger partial charge in [-0.2, -0.15) is 0 Å². The number of ether oxygens (including phenoxy) is 1. The highest BCUT2D eigenvalue weighted by molar-refractivity contribution is 6.30. The van der Waals surface area contributed by atoms with Crippen LogP contribution in [0.25, 0.3) is 0 Å². The Labute approximate surface area is 134 Å². The Hall–Kier alpha value is -0.570. The minimum atomic E-state index is 0.309. The molecule has 0 spiro atoms. The summed E-state index contributed by atoms with van der Waals surface area (Å²) < 4.78 is 6.04. The van der Waals surface area contributed by atoms with Gasteiger partial charge in [0.1, 0.15) is 0 Å². The van der Waals surface area contributed by atoms with Crippen molar-refractivity contribution in [2.24, 2.45) is 11.8 Å². The van der Waals surface area contributed by atoms with Crippen molar-refractivity contribution in [2.45, 2.75) is 58.8 Å². The molecule has 1 N–H and O–H groups in total. The average Bonchev–Trinajstić information content (AvgIpc) is 2.68. The zero-order chi connectivity index (χ0) is 15.4. The van der Waals surface area contributed by atoms with Crippen LogP contribution < -0.4 is 5.32 Å². The van der Waals surface area contributed by atoms with Crippen LogP contribution >= 0.6 is 11.6 Å². The summed E-state index contributed by atoms with van der Waals surface area (Å²) in [6.07, 6.45) is 2.81. The van der Waals surface area contributed by atoms with Gasteiger partial charge in [0.2, 0.25) is 0 Å². The Balaban J connectivity index is 2.14. The zero-order valence-electron chi connectivity index (χ0n) is 13.6. The molecule has 1 aliphatic heterocycles. The van der Waals surface area contributed by atoms with Crippen LogP contribution in [0.2, 0.25) is 5.02 Å². The van der Waals surface area contributed by atoms with Gasteiger partial charge in [-0.1, -0.05) is 37.6 Å². The highest BCUT2D eigenvalue weighted by Gasteiger charge is 2.41. The van der Waals surface area contributed by atoms with Crippen molar-refractivity contribution in [2.75, 3.05) is 6.54 Å². The smallest absolute Gasteiger partial charge is 0.0597 e. The summed E-state index contributed by atoms with van der Waals surface area (Å²) in [4.78, 5) is 0. The van der Waals surface area contributed by atoms with Crippen LogP contribution in [0.4, 0.5) is 0 Å². The molecule has 1 aromatic carbocycles. The van der Waals surface area contributed by atoms with Gasteiger partial charge < -0.3 is 10.1 Å². The van der Waals surface area contributed by atoms with Crippen molar-refractivity contribution >= 4 is 11.6 Å². The third-order valence-corrected chi connectivity index (χ3v) is 5.02. The lowest BCUT2D eigenvalue weighted by Crippen LogP contribution is -2.43. The summed E-state index contributed by atoms with van der Waals surface area (Å²) in [5, 5.41) is 4.56. The van der Waals surface area contributed by atoms with Crippen molar-refractivity contribution in [3.63, 3.8) is 0 Å². The standard InChI is InChI=1S/C18H28ClNO/c1-5-9-20-17(11-15-7-6-8-16(19)10-15)18-12(2)13(3)21-14(18)4/h6-8,10,12-14,17-18,20H,5,9,11H2,1-4H3. The number of rotatable bonds is 6. The molecular weight excluding hydrogens is 282 g/mol. The van der Waals surface area contributed by atoms with Crippen molar-refractivity contribution in [1.29, 1.82) is 0 Å². The quantitative estimate of drug-likeness (QED) is 0.845. The molecule has 2 nitrogen and oxygen atoms in total. The van der Waals surface area contributed by atoms with E-state index >= 15 is 0 Å². The molecule has 0 bridgehead atoms. The van der Waals surface area contributed by atoms with Crippen molar-refractivity contribution < 1.29 is 4.74 Å². The predicted molar refractivity (Wildman–Crippen MR) is 89.9 cm³/mol. The first-order valence-corrected chi connectivity index (χ1v) is 8.54. The summed E-state index contributed by atoms with van der Waals surface area (Å²) in [5.41, 5.74) is 1.30. The maximum atomic E-state index is 6.13. The van der Waals surface area contributed by atoms with Gasteiger partial charge in [0, 0.05) is 17.0 Å². The van der Waals surface area contributed by atoms with E-state index in [2.05, 4.69) is 45.1 Å². The fraction of sp³-hybridized carbons (Fsp3) is 0.667. The third kappa shape index (κ3) is 4.21. The molecule has 0 aliphatic carbocycles. The van der Waals surface area contributed by atoms with Gasteiger partial charge in [0.15, 0.2) is 0 Å². The summed E-state index contributed by atoms with van der Waals surface area (Å²) in [5.74, 6) is 1.12. The van der Waals surface area contributed by atoms with Gasteiger partial charge in [-0.15, -0.1) is 0 Å². The number of benzene rings is 1. The van der Waals surface area contributed by atoms with Gasteiger partial charge in [-0.25, -0.2) is 0 Å². The Bertz CT molecular complexity index is 451. The molecule has 1 aliphatic rings. The summed E-state index contributed by atoms with van der Waals surface area (Å²) in [6, 6.07) is 8.66. The minimum absolute atomic E-state index is 0.309. The third-order valence-electron chi connectivity index (χ3n) is 4.78. The molecule has 5 unspecified atom stereocenters. The topological polar surface area (TPSA) is 21.3 Å². The van der Waals surface area contributed by atoms with Crippen LogP contribution in [-0.2, 0) is 11.2 Å². The van der Waals surface area contributed by atoms with Gasteiger partial charge in [0.05, 0.1) is 12.2 Å². The maximum absolute atomic E-state index is 6.13. The molecule has 2 rings (SSSR count). The lowest BCUT2D eigenvalue weighted by atomic mass is 9.81. The van der Waals surface area contributed by atoms with Gasteiger partial charge in [-0.05, 0) is 56.8 Å². The number of halogens is 1. The fourth-order valence-corrected chi connectivity index (χ4v) is 3.79. The lowest BCUT2D eigenvalue weighted by Gasteiger charge is -2.30. The molecule has 1 fully saturated rings. The van der Waals surface area contributed by atoms with E-state index in [1.165, 1.54) is 5.56 Å². The van der Waals surface area contributed by atoms with Crippen LogP contribution in [0.3, 0.4) is 0 Å². The first kappa shape index (κ1) is 16.8. The van der Waals surface area contributed by atoms with Gasteiger partial charge >= 0.3 is 0 Å². The molecule has 1 aromatic rings. The second kappa shape index (κ2) is 7.62. The molecule has 5 atom stereocenters. The first-order valence-electron chi connectivity index (χ1n) is 8.16. The van der Waals surface area contributed by atoms with Crippen LogP contribution in [0.15, 0.2) is 24.3 Å². The average molecular weight is 310 g/mol. The highest BCUT2D eigenvalue weighted by Crippen LogP contribution is 2.35. The molecule has 3 heteroatoms. The Morgan fingerprint density at radius 1 is 1.24 bits per heavy atom. The molecule has 0 radical (unpaired) electrons. The lowest BCUT2D eigenvalue weighted by molar-refractivity contribution is 0.0476. The molecular formula is C18H28ClNO. The highest BCUT2D eigenvalue weighted by atomic mass is 35.5. The summed E-state index contributed by atoms with van der Waals surface area (Å²) >= 11 is 6.13. The monoisotopic (exact) mass is 309 g/mol. The Kier molecular flexibility index (Phi) is 6.09. The zero-order valence-corrected chi connectivity index (χ0v) is 14.4. The van der Waals surface area contributed by atoms with Crippen LogP contribution in [0, 0.1) is 11.8 Å². The van der Waals surface area contributed by atoms with E-state index in [0.717, 1.165) is 24.4 Å². The maximum Gasteiger partial charge on any atom is 0.0597 e. The van der Waals surface area contributed by atoms with Crippen molar-refractivity contribution in [3.05, 3.63) is 34.9 Å². The second-order valence-electron chi connectivity index (χ2n) is 6.38. The largest absolute Gasteiger partial charge is 0.375 e.